The van der Waals surface area contributed by atoms with Crippen LogP contribution in [0.4, 0.5) is 5.82 Å². The maximum absolute atomic E-state index is 11.1. The molecular formula is C11H12BrN5O. The van der Waals surface area contributed by atoms with Crippen LogP contribution in [0.25, 0.3) is 5.65 Å². The summed E-state index contributed by atoms with van der Waals surface area (Å²) in [4.78, 5) is 19.8. The number of aromatic nitrogens is 3. The molecule has 1 fully saturated rings. The lowest BCUT2D eigenvalue weighted by Gasteiger charge is -2.24. The maximum atomic E-state index is 11.1. The van der Waals surface area contributed by atoms with Gasteiger partial charge in [-0.1, -0.05) is 0 Å². The van der Waals surface area contributed by atoms with E-state index in [-0.39, 0.29) is 11.9 Å². The summed E-state index contributed by atoms with van der Waals surface area (Å²) in [5, 5.41) is 6.17. The lowest BCUT2D eigenvalue weighted by molar-refractivity contribution is -0.122. The van der Waals surface area contributed by atoms with Gasteiger partial charge in [0.1, 0.15) is 4.60 Å². The topological polar surface area (TPSA) is 71.3 Å². The van der Waals surface area contributed by atoms with E-state index in [0.717, 1.165) is 22.5 Å². The Kier molecular flexibility index (Phi) is 2.91. The van der Waals surface area contributed by atoms with E-state index in [9.17, 15) is 4.79 Å². The molecule has 2 aromatic rings. The lowest BCUT2D eigenvalue weighted by Crippen LogP contribution is -2.42. The average Bonchev–Trinajstić information content (AvgIpc) is 2.80. The summed E-state index contributed by atoms with van der Waals surface area (Å²) in [5.41, 5.74) is 0.787. The van der Waals surface area contributed by atoms with Crippen LogP contribution >= 0.6 is 15.9 Å². The fraction of sp³-hybridized carbons (Fsp3) is 0.364. The molecule has 2 aromatic heterocycles. The standard InChI is InChI=1S/C11H12BrN5O/c12-8-6-17-4-3-13-11(17)10(16-8)15-7-1-2-9(18)14-5-7/h3-4,6-7H,1-2,5H2,(H,14,18)(H,15,16). The van der Waals surface area contributed by atoms with Crippen LogP contribution in [0.1, 0.15) is 12.8 Å². The number of imidazole rings is 1. The second-order valence-electron chi connectivity index (χ2n) is 4.25. The Labute approximate surface area is 112 Å². The van der Waals surface area contributed by atoms with Crippen molar-refractivity contribution in [2.24, 2.45) is 0 Å². The van der Waals surface area contributed by atoms with Gasteiger partial charge in [0, 0.05) is 37.6 Å². The molecule has 0 radical (unpaired) electrons. The quantitative estimate of drug-likeness (QED) is 0.874. The van der Waals surface area contributed by atoms with Gasteiger partial charge in [0.25, 0.3) is 0 Å². The summed E-state index contributed by atoms with van der Waals surface area (Å²) < 4.78 is 2.65. The minimum absolute atomic E-state index is 0.112. The number of rotatable bonds is 2. The average molecular weight is 310 g/mol. The van der Waals surface area contributed by atoms with Gasteiger partial charge in [-0.05, 0) is 22.4 Å². The molecular weight excluding hydrogens is 298 g/mol. The highest BCUT2D eigenvalue weighted by Gasteiger charge is 2.19. The number of hydrogen-bond donors (Lipinski definition) is 2. The molecule has 0 saturated carbocycles. The molecule has 0 aliphatic carbocycles. The van der Waals surface area contributed by atoms with Crippen LogP contribution in [0.15, 0.2) is 23.2 Å². The molecule has 3 heterocycles. The minimum atomic E-state index is 0.112. The van der Waals surface area contributed by atoms with Crippen LogP contribution < -0.4 is 10.6 Å². The van der Waals surface area contributed by atoms with Crippen LogP contribution in [0.5, 0.6) is 0 Å². The third-order valence-electron chi connectivity index (χ3n) is 2.95. The number of piperidine rings is 1. The summed E-state index contributed by atoms with van der Waals surface area (Å²) in [7, 11) is 0. The smallest absolute Gasteiger partial charge is 0.220 e. The van der Waals surface area contributed by atoms with E-state index in [1.54, 1.807) is 6.20 Å². The Bertz CT molecular complexity index is 586. The van der Waals surface area contributed by atoms with Crippen molar-refractivity contribution in [1.82, 2.24) is 19.7 Å². The van der Waals surface area contributed by atoms with Gasteiger partial charge in [0.2, 0.25) is 5.91 Å². The third kappa shape index (κ3) is 2.17. The van der Waals surface area contributed by atoms with Crippen molar-refractivity contribution in [3.63, 3.8) is 0 Å². The first-order chi connectivity index (χ1) is 8.72. The molecule has 1 atom stereocenters. The number of nitrogens with zero attached hydrogens (tertiary/aromatic N) is 3. The number of halogens is 1. The van der Waals surface area contributed by atoms with E-state index < -0.39 is 0 Å². The predicted octanol–water partition coefficient (Wildman–Crippen LogP) is 1.18. The number of hydrogen-bond acceptors (Lipinski definition) is 4. The maximum Gasteiger partial charge on any atom is 0.220 e. The van der Waals surface area contributed by atoms with E-state index in [0.29, 0.717) is 13.0 Å². The number of carbonyl (C=O) groups excluding carboxylic acids is 1. The monoisotopic (exact) mass is 309 g/mol. The van der Waals surface area contributed by atoms with Gasteiger partial charge in [0.05, 0.1) is 0 Å². The van der Waals surface area contributed by atoms with Gasteiger partial charge >= 0.3 is 0 Å². The lowest BCUT2D eigenvalue weighted by atomic mass is 10.1. The van der Waals surface area contributed by atoms with Crippen molar-refractivity contribution in [2.75, 3.05) is 11.9 Å². The second kappa shape index (κ2) is 4.56. The van der Waals surface area contributed by atoms with Crippen molar-refractivity contribution in [2.45, 2.75) is 18.9 Å². The number of nitrogens with one attached hydrogen (secondary N) is 2. The van der Waals surface area contributed by atoms with Crippen LogP contribution in [0.2, 0.25) is 0 Å². The second-order valence-corrected chi connectivity index (χ2v) is 5.07. The molecule has 0 aromatic carbocycles. The predicted molar refractivity (Wildman–Crippen MR) is 70.3 cm³/mol. The van der Waals surface area contributed by atoms with Gasteiger partial charge in [-0.3, -0.25) is 4.79 Å². The van der Waals surface area contributed by atoms with E-state index >= 15 is 0 Å². The largest absolute Gasteiger partial charge is 0.362 e. The Morgan fingerprint density at radius 1 is 1.56 bits per heavy atom. The molecule has 0 spiro atoms. The molecule has 1 saturated heterocycles. The number of fused-ring (bicyclic) bond motifs is 1. The number of amides is 1. The van der Waals surface area contributed by atoms with Crippen molar-refractivity contribution in [1.29, 1.82) is 0 Å². The first kappa shape index (κ1) is 11.5. The molecule has 1 unspecified atom stereocenters. The number of anilines is 1. The zero-order valence-corrected chi connectivity index (χ0v) is 11.1. The Balaban J connectivity index is 1.85. The summed E-state index contributed by atoms with van der Waals surface area (Å²) >= 11 is 3.37. The SMILES string of the molecule is O=C1CCC(Nc2nc(Br)cn3ccnc23)CN1. The fourth-order valence-electron chi connectivity index (χ4n) is 2.05. The summed E-state index contributed by atoms with van der Waals surface area (Å²) in [5.74, 6) is 0.844. The zero-order chi connectivity index (χ0) is 12.5. The zero-order valence-electron chi connectivity index (χ0n) is 9.56. The third-order valence-corrected chi connectivity index (χ3v) is 3.33. The molecule has 1 amide bonds. The molecule has 7 heteroatoms. The highest BCUT2D eigenvalue weighted by atomic mass is 79.9. The molecule has 1 aliphatic rings. The molecule has 0 bridgehead atoms. The first-order valence-corrected chi connectivity index (χ1v) is 6.54. The van der Waals surface area contributed by atoms with Gasteiger partial charge in [-0.15, -0.1) is 0 Å². The van der Waals surface area contributed by atoms with Gasteiger partial charge in [-0.2, -0.15) is 0 Å². The van der Waals surface area contributed by atoms with Crippen molar-refractivity contribution < 1.29 is 4.79 Å². The van der Waals surface area contributed by atoms with Crippen molar-refractivity contribution in [3.05, 3.63) is 23.2 Å². The molecule has 18 heavy (non-hydrogen) atoms. The number of carbonyl (C=O) groups is 1. The molecule has 6 nitrogen and oxygen atoms in total. The summed E-state index contributed by atoms with van der Waals surface area (Å²) in [6, 6.07) is 0.199. The van der Waals surface area contributed by atoms with Crippen LogP contribution in [-0.4, -0.2) is 32.9 Å². The van der Waals surface area contributed by atoms with E-state index in [4.69, 9.17) is 0 Å². The Morgan fingerprint density at radius 3 is 3.22 bits per heavy atom. The van der Waals surface area contributed by atoms with E-state index in [1.807, 2.05) is 16.8 Å². The summed E-state index contributed by atoms with van der Waals surface area (Å²) in [6.45, 7) is 0.625. The van der Waals surface area contributed by atoms with Crippen LogP contribution in [0.3, 0.4) is 0 Å². The first-order valence-electron chi connectivity index (χ1n) is 5.75. The van der Waals surface area contributed by atoms with Crippen molar-refractivity contribution in [3.8, 4) is 0 Å². The molecule has 94 valence electrons. The molecule has 1 aliphatic heterocycles. The Hall–Kier alpha value is -1.63. The molecule has 2 N–H and O–H groups in total. The highest BCUT2D eigenvalue weighted by Crippen LogP contribution is 2.19. The van der Waals surface area contributed by atoms with Gasteiger partial charge in [0.15, 0.2) is 11.5 Å². The van der Waals surface area contributed by atoms with Gasteiger partial charge < -0.3 is 15.0 Å². The van der Waals surface area contributed by atoms with Crippen LogP contribution in [-0.2, 0) is 4.79 Å². The molecule has 3 rings (SSSR count). The normalized spacial score (nSPS) is 19.8. The summed E-state index contributed by atoms with van der Waals surface area (Å²) in [6.07, 6.45) is 6.83. The van der Waals surface area contributed by atoms with Gasteiger partial charge in [-0.25, -0.2) is 9.97 Å². The Morgan fingerprint density at radius 2 is 2.44 bits per heavy atom. The minimum Gasteiger partial charge on any atom is -0.362 e. The van der Waals surface area contributed by atoms with E-state index in [1.165, 1.54) is 0 Å². The van der Waals surface area contributed by atoms with E-state index in [2.05, 4.69) is 36.5 Å². The van der Waals surface area contributed by atoms with Crippen LogP contribution in [0, 0.1) is 0 Å². The fourth-order valence-corrected chi connectivity index (χ4v) is 2.45. The highest BCUT2D eigenvalue weighted by molar-refractivity contribution is 9.10. The van der Waals surface area contributed by atoms with Crippen molar-refractivity contribution >= 4 is 33.3 Å².